The quantitative estimate of drug-likeness (QED) is 0.284. The van der Waals surface area contributed by atoms with Gasteiger partial charge >= 0.3 is 24.6 Å². The Bertz CT molecular complexity index is 932. The van der Waals surface area contributed by atoms with E-state index >= 15 is 0 Å². The smallest absolute Gasteiger partial charge is 0.450 e. The number of benzene rings is 3. The number of carbonyl (C=O) groups excluding carboxylic acids is 2. The standard InChI is InChI=1S/C18H14.C2O4.2CH2O3/c1-3-9-15(10-4-1)17-13-7-8-14-18(17)16-11-5-2-6-12-16;3-1-5-2(4)6-1;2*2-1(3)4/h1-14H;;2*(H2,2,3,4). The number of ether oxygens (including phenoxy) is 2. The largest absolute Gasteiger partial charge is 0.528 e. The molecule has 0 saturated carbocycles. The summed E-state index contributed by atoms with van der Waals surface area (Å²) in [6.45, 7) is 0. The summed E-state index contributed by atoms with van der Waals surface area (Å²) < 4.78 is 7.28. The van der Waals surface area contributed by atoms with Crippen LogP contribution in [-0.4, -0.2) is 45.0 Å². The second-order valence-electron chi connectivity index (χ2n) is 5.55. The van der Waals surface area contributed by atoms with Gasteiger partial charge in [0.25, 0.3) is 0 Å². The van der Waals surface area contributed by atoms with Gasteiger partial charge in [0.2, 0.25) is 0 Å². The van der Waals surface area contributed by atoms with Crippen molar-refractivity contribution in [2.45, 2.75) is 0 Å². The van der Waals surface area contributed by atoms with Crippen molar-refractivity contribution in [3.05, 3.63) is 84.9 Å². The molecule has 3 aromatic carbocycles. The van der Waals surface area contributed by atoms with E-state index in [1.807, 2.05) is 0 Å². The Balaban J connectivity index is 0.000000300. The molecule has 0 aromatic heterocycles. The van der Waals surface area contributed by atoms with Crippen LogP contribution >= 0.6 is 0 Å². The van der Waals surface area contributed by atoms with Crippen LogP contribution < -0.4 is 0 Å². The normalized spacial score (nSPS) is 10.6. The fraction of sp³-hybridized carbons (Fsp3) is 0. The van der Waals surface area contributed by atoms with Crippen molar-refractivity contribution < 1.29 is 49.1 Å². The van der Waals surface area contributed by atoms with Gasteiger partial charge in [-0.1, -0.05) is 84.9 Å². The van der Waals surface area contributed by atoms with E-state index < -0.39 is 24.6 Å². The van der Waals surface area contributed by atoms with Crippen molar-refractivity contribution in [1.82, 2.24) is 0 Å². The summed E-state index contributed by atoms with van der Waals surface area (Å²) in [4.78, 5) is 36.0. The molecule has 10 heteroatoms. The molecule has 0 spiro atoms. The predicted molar refractivity (Wildman–Crippen MR) is 112 cm³/mol. The number of carboxylic acid groups (broad SMARTS) is 4. The van der Waals surface area contributed by atoms with E-state index in [0.717, 1.165) is 0 Å². The molecule has 1 fully saturated rings. The SMILES string of the molecule is O=C(O)O.O=C(O)O.O=C1OC(=O)O1.c1ccc(-c2ccccc2-c2ccccc2)cc1. The maximum atomic E-state index is 9.44. The molecular formula is C22H18O10. The Morgan fingerprint density at radius 1 is 0.500 bits per heavy atom. The molecule has 1 aliphatic heterocycles. The van der Waals surface area contributed by atoms with Crippen LogP contribution in [0.5, 0.6) is 0 Å². The highest BCUT2D eigenvalue weighted by Gasteiger charge is 2.27. The topological polar surface area (TPSA) is 168 Å². The van der Waals surface area contributed by atoms with Crippen molar-refractivity contribution in [3.8, 4) is 22.3 Å². The molecular weight excluding hydrogens is 424 g/mol. The summed E-state index contributed by atoms with van der Waals surface area (Å²) in [5.41, 5.74) is 5.09. The molecule has 0 radical (unpaired) electrons. The third-order valence-corrected chi connectivity index (χ3v) is 3.43. The Morgan fingerprint density at radius 3 is 0.969 bits per heavy atom. The average Bonchev–Trinajstić information content (AvgIpc) is 2.74. The highest BCUT2D eigenvalue weighted by molar-refractivity contribution is 5.93. The van der Waals surface area contributed by atoms with Gasteiger partial charge in [-0.2, -0.15) is 0 Å². The summed E-state index contributed by atoms with van der Waals surface area (Å²) in [7, 11) is 0. The van der Waals surface area contributed by atoms with Gasteiger partial charge in [-0.25, -0.2) is 19.2 Å². The molecule has 32 heavy (non-hydrogen) atoms. The van der Waals surface area contributed by atoms with Crippen molar-refractivity contribution in [3.63, 3.8) is 0 Å². The van der Waals surface area contributed by atoms with E-state index in [1.165, 1.54) is 22.3 Å². The second-order valence-corrected chi connectivity index (χ2v) is 5.55. The highest BCUT2D eigenvalue weighted by Crippen LogP contribution is 2.31. The lowest BCUT2D eigenvalue weighted by Gasteiger charge is -2.09. The van der Waals surface area contributed by atoms with Gasteiger partial charge in [0, 0.05) is 0 Å². The monoisotopic (exact) mass is 442 g/mol. The summed E-state index contributed by atoms with van der Waals surface area (Å²) in [6.07, 6.45) is -5.50. The Kier molecular flexibility index (Phi) is 10.5. The molecule has 0 aliphatic carbocycles. The third-order valence-electron chi connectivity index (χ3n) is 3.43. The molecule has 4 rings (SSSR count). The van der Waals surface area contributed by atoms with Crippen molar-refractivity contribution in [2.75, 3.05) is 0 Å². The zero-order valence-electron chi connectivity index (χ0n) is 16.3. The van der Waals surface area contributed by atoms with Crippen LogP contribution in [0.25, 0.3) is 22.3 Å². The predicted octanol–water partition coefficient (Wildman–Crippen LogP) is 5.74. The van der Waals surface area contributed by atoms with Crippen LogP contribution in [0.15, 0.2) is 84.9 Å². The molecule has 4 N–H and O–H groups in total. The van der Waals surface area contributed by atoms with Crippen LogP contribution in [0, 0.1) is 0 Å². The number of rotatable bonds is 2. The molecule has 166 valence electrons. The zero-order chi connectivity index (χ0) is 23.9. The van der Waals surface area contributed by atoms with Crippen LogP contribution in [0.1, 0.15) is 0 Å². The zero-order valence-corrected chi connectivity index (χ0v) is 16.3. The molecule has 1 heterocycles. The molecule has 0 atom stereocenters. The first kappa shape index (κ1) is 25.2. The number of carbonyl (C=O) groups is 4. The van der Waals surface area contributed by atoms with Crippen molar-refractivity contribution in [1.29, 1.82) is 0 Å². The molecule has 3 aromatic rings. The van der Waals surface area contributed by atoms with E-state index in [4.69, 9.17) is 30.0 Å². The summed E-state index contributed by atoms with van der Waals surface area (Å²) in [6, 6.07) is 29.6. The molecule has 0 bridgehead atoms. The molecule has 0 amide bonds. The molecule has 1 aliphatic rings. The van der Waals surface area contributed by atoms with Gasteiger partial charge in [0.05, 0.1) is 0 Å². The second kappa shape index (κ2) is 13.4. The number of hydrogen-bond donors (Lipinski definition) is 4. The lowest BCUT2D eigenvalue weighted by atomic mass is 9.95. The van der Waals surface area contributed by atoms with Gasteiger partial charge in [-0.05, 0) is 22.3 Å². The first-order valence-corrected chi connectivity index (χ1v) is 8.68. The Labute approximate surface area is 181 Å². The van der Waals surface area contributed by atoms with Crippen molar-refractivity contribution in [2.24, 2.45) is 0 Å². The van der Waals surface area contributed by atoms with Gasteiger partial charge in [-0.15, -0.1) is 0 Å². The summed E-state index contributed by atoms with van der Waals surface area (Å²) >= 11 is 0. The molecule has 10 nitrogen and oxygen atoms in total. The van der Waals surface area contributed by atoms with E-state index in [1.54, 1.807) is 0 Å². The Morgan fingerprint density at radius 2 is 0.750 bits per heavy atom. The number of hydrogen-bond acceptors (Lipinski definition) is 6. The van der Waals surface area contributed by atoms with Crippen molar-refractivity contribution >= 4 is 24.6 Å². The van der Waals surface area contributed by atoms with Crippen LogP contribution in [0.2, 0.25) is 0 Å². The Hall–Kier alpha value is -4.86. The van der Waals surface area contributed by atoms with Crippen LogP contribution in [-0.2, 0) is 9.47 Å². The van der Waals surface area contributed by atoms with Gasteiger partial charge in [-0.3, -0.25) is 0 Å². The van der Waals surface area contributed by atoms with Gasteiger partial charge in [0.1, 0.15) is 0 Å². The number of cyclic esters (lactones) is 4. The first-order valence-electron chi connectivity index (χ1n) is 8.68. The minimum absolute atomic E-state index is 0.917. The fourth-order valence-corrected chi connectivity index (χ4v) is 2.37. The summed E-state index contributed by atoms with van der Waals surface area (Å²) in [5.74, 6) is 0. The minimum Gasteiger partial charge on any atom is -0.450 e. The maximum absolute atomic E-state index is 9.44. The summed E-state index contributed by atoms with van der Waals surface area (Å²) in [5, 5.41) is 27.9. The van der Waals surface area contributed by atoms with E-state index in [0.29, 0.717) is 0 Å². The highest BCUT2D eigenvalue weighted by atomic mass is 16.9. The van der Waals surface area contributed by atoms with E-state index in [2.05, 4.69) is 94.4 Å². The fourth-order valence-electron chi connectivity index (χ4n) is 2.37. The lowest BCUT2D eigenvalue weighted by molar-refractivity contribution is 0.00673. The lowest BCUT2D eigenvalue weighted by Crippen LogP contribution is -2.27. The maximum Gasteiger partial charge on any atom is 0.528 e. The first-order chi connectivity index (χ1) is 15.2. The van der Waals surface area contributed by atoms with Crippen LogP contribution in [0.3, 0.4) is 0 Å². The van der Waals surface area contributed by atoms with Gasteiger partial charge in [0.15, 0.2) is 0 Å². The molecule has 1 saturated heterocycles. The minimum atomic E-state index is -1.83. The van der Waals surface area contributed by atoms with E-state index in [9.17, 15) is 9.59 Å². The third kappa shape index (κ3) is 10.1. The average molecular weight is 442 g/mol. The van der Waals surface area contributed by atoms with Gasteiger partial charge < -0.3 is 29.9 Å². The van der Waals surface area contributed by atoms with Crippen LogP contribution in [0.4, 0.5) is 19.2 Å². The van der Waals surface area contributed by atoms with E-state index in [-0.39, 0.29) is 0 Å². The molecule has 0 unspecified atom stereocenters.